The fourth-order valence-corrected chi connectivity index (χ4v) is 1.95. The van der Waals surface area contributed by atoms with E-state index in [1.807, 2.05) is 0 Å². The standard InChI is InChI=1S/C14H31NO2/c1-2-3-4-5-6-7-8-9-10-11-12-15-14(17)13-16/h14-17H,2-13H2,1H3. The average Bonchev–Trinajstić information content (AvgIpc) is 2.35. The van der Waals surface area contributed by atoms with E-state index in [9.17, 15) is 0 Å². The van der Waals surface area contributed by atoms with E-state index in [1.54, 1.807) is 0 Å². The van der Waals surface area contributed by atoms with Crippen molar-refractivity contribution in [2.45, 2.75) is 77.4 Å². The molecule has 0 aromatic carbocycles. The van der Waals surface area contributed by atoms with Crippen LogP contribution in [0.2, 0.25) is 0 Å². The zero-order chi connectivity index (χ0) is 12.8. The van der Waals surface area contributed by atoms with E-state index in [2.05, 4.69) is 12.2 Å². The van der Waals surface area contributed by atoms with E-state index in [0.717, 1.165) is 13.0 Å². The van der Waals surface area contributed by atoms with Gasteiger partial charge in [0.1, 0.15) is 6.23 Å². The summed E-state index contributed by atoms with van der Waals surface area (Å²) >= 11 is 0. The van der Waals surface area contributed by atoms with Gasteiger partial charge in [0.2, 0.25) is 0 Å². The molecule has 0 aromatic rings. The molecule has 1 unspecified atom stereocenters. The van der Waals surface area contributed by atoms with Crippen LogP contribution in [0.4, 0.5) is 0 Å². The van der Waals surface area contributed by atoms with Gasteiger partial charge < -0.3 is 10.2 Å². The van der Waals surface area contributed by atoms with E-state index >= 15 is 0 Å². The lowest BCUT2D eigenvalue weighted by Gasteiger charge is -2.09. The fraction of sp³-hybridized carbons (Fsp3) is 1.00. The van der Waals surface area contributed by atoms with E-state index in [4.69, 9.17) is 10.2 Å². The summed E-state index contributed by atoms with van der Waals surface area (Å²) in [5.41, 5.74) is 0. The molecular formula is C14H31NO2. The number of aliphatic hydroxyl groups is 2. The van der Waals surface area contributed by atoms with Crippen LogP contribution in [0.5, 0.6) is 0 Å². The van der Waals surface area contributed by atoms with Crippen LogP contribution in [-0.2, 0) is 0 Å². The number of hydrogen-bond donors (Lipinski definition) is 3. The van der Waals surface area contributed by atoms with Crippen molar-refractivity contribution in [3.63, 3.8) is 0 Å². The van der Waals surface area contributed by atoms with Gasteiger partial charge in [0.25, 0.3) is 0 Å². The highest BCUT2D eigenvalue weighted by Gasteiger charge is 1.98. The van der Waals surface area contributed by atoms with Crippen LogP contribution >= 0.6 is 0 Å². The van der Waals surface area contributed by atoms with Crippen molar-refractivity contribution in [1.82, 2.24) is 5.32 Å². The number of nitrogens with one attached hydrogen (secondary N) is 1. The summed E-state index contributed by atoms with van der Waals surface area (Å²) in [5, 5.41) is 20.5. The van der Waals surface area contributed by atoms with Crippen molar-refractivity contribution in [2.75, 3.05) is 13.2 Å². The summed E-state index contributed by atoms with van der Waals surface area (Å²) in [7, 11) is 0. The Morgan fingerprint density at radius 3 is 1.76 bits per heavy atom. The first-order chi connectivity index (χ1) is 8.31. The molecule has 1 atom stereocenters. The molecule has 0 radical (unpaired) electrons. The van der Waals surface area contributed by atoms with Crippen LogP contribution in [0.25, 0.3) is 0 Å². The second-order valence-electron chi connectivity index (χ2n) is 4.83. The molecule has 0 aliphatic heterocycles. The van der Waals surface area contributed by atoms with Gasteiger partial charge in [-0.2, -0.15) is 0 Å². The van der Waals surface area contributed by atoms with Crippen LogP contribution in [0.15, 0.2) is 0 Å². The van der Waals surface area contributed by atoms with Gasteiger partial charge in [-0.05, 0) is 13.0 Å². The molecule has 0 aliphatic carbocycles. The Hall–Kier alpha value is -0.120. The average molecular weight is 245 g/mol. The highest BCUT2D eigenvalue weighted by atomic mass is 16.3. The van der Waals surface area contributed by atoms with Crippen molar-refractivity contribution in [1.29, 1.82) is 0 Å². The number of aliphatic hydroxyl groups excluding tert-OH is 2. The van der Waals surface area contributed by atoms with Crippen molar-refractivity contribution in [3.05, 3.63) is 0 Å². The fourth-order valence-electron chi connectivity index (χ4n) is 1.95. The lowest BCUT2D eigenvalue weighted by Crippen LogP contribution is -2.32. The van der Waals surface area contributed by atoms with Gasteiger partial charge in [-0.3, -0.25) is 5.32 Å². The van der Waals surface area contributed by atoms with E-state index in [0.29, 0.717) is 0 Å². The molecule has 0 spiro atoms. The molecule has 0 saturated carbocycles. The van der Waals surface area contributed by atoms with Gasteiger partial charge in [0.15, 0.2) is 0 Å². The summed E-state index contributed by atoms with van der Waals surface area (Å²) < 4.78 is 0. The van der Waals surface area contributed by atoms with Crippen molar-refractivity contribution >= 4 is 0 Å². The predicted molar refractivity (Wildman–Crippen MR) is 72.9 cm³/mol. The Bertz CT molecular complexity index is 142. The summed E-state index contributed by atoms with van der Waals surface area (Å²) in [5.74, 6) is 0. The minimum atomic E-state index is -0.742. The second kappa shape index (κ2) is 13.9. The number of unbranched alkanes of at least 4 members (excludes halogenated alkanes) is 9. The van der Waals surface area contributed by atoms with Crippen molar-refractivity contribution < 1.29 is 10.2 Å². The summed E-state index contributed by atoms with van der Waals surface area (Å²) in [4.78, 5) is 0. The third-order valence-electron chi connectivity index (χ3n) is 3.08. The minimum Gasteiger partial charge on any atom is -0.392 e. The summed E-state index contributed by atoms with van der Waals surface area (Å²) in [6.45, 7) is 2.86. The Kier molecular flexibility index (Phi) is 13.8. The maximum atomic E-state index is 9.04. The molecule has 3 N–H and O–H groups in total. The first kappa shape index (κ1) is 16.9. The molecule has 0 aromatic heterocycles. The van der Waals surface area contributed by atoms with E-state index in [-0.39, 0.29) is 6.61 Å². The molecule has 0 heterocycles. The molecule has 0 rings (SSSR count). The highest BCUT2D eigenvalue weighted by Crippen LogP contribution is 2.10. The van der Waals surface area contributed by atoms with Gasteiger partial charge in [-0.25, -0.2) is 0 Å². The Morgan fingerprint density at radius 2 is 1.29 bits per heavy atom. The SMILES string of the molecule is CCCCCCCCCCCCNC(O)CO. The molecule has 0 aliphatic rings. The molecule has 0 fully saturated rings. The Labute approximate surface area is 107 Å². The van der Waals surface area contributed by atoms with Gasteiger partial charge in [-0.15, -0.1) is 0 Å². The number of hydrogen-bond acceptors (Lipinski definition) is 3. The zero-order valence-electron chi connectivity index (χ0n) is 11.5. The largest absolute Gasteiger partial charge is 0.392 e. The van der Waals surface area contributed by atoms with E-state index < -0.39 is 6.23 Å². The molecular weight excluding hydrogens is 214 g/mol. The Morgan fingerprint density at radius 1 is 0.824 bits per heavy atom. The van der Waals surface area contributed by atoms with Crippen LogP contribution in [0, 0.1) is 0 Å². The molecule has 0 amide bonds. The topological polar surface area (TPSA) is 52.5 Å². The monoisotopic (exact) mass is 245 g/mol. The molecule has 17 heavy (non-hydrogen) atoms. The molecule has 3 nitrogen and oxygen atoms in total. The first-order valence-electron chi connectivity index (χ1n) is 7.33. The van der Waals surface area contributed by atoms with Crippen molar-refractivity contribution in [2.24, 2.45) is 0 Å². The normalized spacial score (nSPS) is 12.9. The van der Waals surface area contributed by atoms with Gasteiger partial charge >= 0.3 is 0 Å². The predicted octanol–water partition coefficient (Wildman–Crippen LogP) is 2.81. The van der Waals surface area contributed by atoms with Crippen molar-refractivity contribution in [3.8, 4) is 0 Å². The maximum absolute atomic E-state index is 9.04. The quantitative estimate of drug-likeness (QED) is 0.345. The summed E-state index contributed by atoms with van der Waals surface area (Å²) in [6, 6.07) is 0. The van der Waals surface area contributed by atoms with Gasteiger partial charge in [0.05, 0.1) is 6.61 Å². The minimum absolute atomic E-state index is 0.197. The van der Waals surface area contributed by atoms with Crippen LogP contribution < -0.4 is 5.32 Å². The van der Waals surface area contributed by atoms with Crippen LogP contribution in [0.1, 0.15) is 71.1 Å². The molecule has 3 heteroatoms. The lowest BCUT2D eigenvalue weighted by atomic mass is 10.1. The molecule has 104 valence electrons. The third kappa shape index (κ3) is 13.8. The zero-order valence-corrected chi connectivity index (χ0v) is 11.5. The third-order valence-corrected chi connectivity index (χ3v) is 3.08. The highest BCUT2D eigenvalue weighted by molar-refractivity contribution is 4.52. The van der Waals surface area contributed by atoms with Crippen LogP contribution in [-0.4, -0.2) is 29.6 Å². The Balaban J connectivity index is 2.94. The lowest BCUT2D eigenvalue weighted by molar-refractivity contribution is 0.0679. The van der Waals surface area contributed by atoms with Gasteiger partial charge in [0, 0.05) is 0 Å². The summed E-state index contributed by atoms with van der Waals surface area (Å²) in [6.07, 6.45) is 12.5. The first-order valence-corrected chi connectivity index (χ1v) is 7.33. The number of rotatable bonds is 13. The molecule has 0 bridgehead atoms. The second-order valence-corrected chi connectivity index (χ2v) is 4.83. The van der Waals surface area contributed by atoms with E-state index in [1.165, 1.54) is 57.8 Å². The smallest absolute Gasteiger partial charge is 0.128 e. The van der Waals surface area contributed by atoms with Gasteiger partial charge in [-0.1, -0.05) is 64.7 Å². The van der Waals surface area contributed by atoms with Crippen LogP contribution in [0.3, 0.4) is 0 Å². The maximum Gasteiger partial charge on any atom is 0.128 e. The molecule has 0 saturated heterocycles.